The molecule has 5 heteroatoms. The molecular weight excluding hydrogens is 176 g/mol. The van der Waals surface area contributed by atoms with E-state index in [1.807, 2.05) is 0 Å². The first kappa shape index (κ1) is 5.63. The fourth-order valence-electron chi connectivity index (χ4n) is 0. The van der Waals surface area contributed by atoms with Gasteiger partial charge in [0.05, 0.1) is 0 Å². The third-order valence-corrected chi connectivity index (χ3v) is 0. The molecule has 0 aliphatic carbocycles. The first-order chi connectivity index (χ1) is 2.00. The van der Waals surface area contributed by atoms with Crippen molar-refractivity contribution in [3.05, 3.63) is 0 Å². The summed E-state index contributed by atoms with van der Waals surface area (Å²) in [4.78, 5) is 0. The van der Waals surface area contributed by atoms with Gasteiger partial charge in [-0.15, -0.1) is 0 Å². The van der Waals surface area contributed by atoms with Gasteiger partial charge in [0.25, 0.3) is 0 Å². The summed E-state index contributed by atoms with van der Waals surface area (Å²) in [5.41, 5.74) is 0. The summed E-state index contributed by atoms with van der Waals surface area (Å²) in [6, 6.07) is 0. The second-order valence-electron chi connectivity index (χ2n) is 0.408. The van der Waals surface area contributed by atoms with Crippen molar-refractivity contribution in [2.45, 2.75) is 0 Å². The van der Waals surface area contributed by atoms with E-state index in [1.54, 1.807) is 0 Å². The molecule has 0 radical (unpaired) electrons. The van der Waals surface area contributed by atoms with E-state index >= 15 is 0 Å². The summed E-state index contributed by atoms with van der Waals surface area (Å²) >= 11 is -5.19. The van der Waals surface area contributed by atoms with Crippen LogP contribution in [0.15, 0.2) is 0 Å². The van der Waals surface area contributed by atoms with E-state index < -0.39 is 15.0 Å². The number of hydrogen-bond donors (Lipinski definition) is 0. The molecule has 0 rings (SSSR count). The first-order valence-corrected chi connectivity index (χ1v) is 5.92. The molecular formula is MoO3S-2. The minimum atomic E-state index is -5.19. The number of rotatable bonds is 0. The fourth-order valence-corrected chi connectivity index (χ4v) is 0. The van der Waals surface area contributed by atoms with E-state index in [0.29, 0.717) is 0 Å². The molecule has 0 N–H and O–H groups in total. The predicted octanol–water partition coefficient (Wildman–Crippen LogP) is -1.85. The monoisotopic (exact) mass is 178 g/mol. The van der Waals surface area contributed by atoms with Gasteiger partial charge in [0.15, 0.2) is 0 Å². The molecule has 0 spiro atoms. The summed E-state index contributed by atoms with van der Waals surface area (Å²) in [6.45, 7) is 0. The Balaban J connectivity index is 4.06. The van der Waals surface area contributed by atoms with Crippen LogP contribution in [0.4, 0.5) is 0 Å². The molecule has 0 atom stereocenters. The van der Waals surface area contributed by atoms with E-state index in [4.69, 9.17) is 10.9 Å². The Morgan fingerprint density at radius 3 is 1.60 bits per heavy atom. The average Bonchev–Trinajstić information content (AvgIpc) is 0.722. The maximum absolute atomic E-state index is 9.00. The molecule has 0 unspecified atom stereocenters. The summed E-state index contributed by atoms with van der Waals surface area (Å²) in [5, 5.41) is 0. The maximum atomic E-state index is 9.00. The summed E-state index contributed by atoms with van der Waals surface area (Å²) in [6.07, 6.45) is 0. The first-order valence-electron chi connectivity index (χ1n) is 0.667. The Bertz CT molecular complexity index is 90.1. The predicted molar refractivity (Wildman–Crippen MR) is 8.28 cm³/mol. The van der Waals surface area contributed by atoms with E-state index in [1.165, 1.54) is 0 Å². The van der Waals surface area contributed by atoms with Gasteiger partial charge < -0.3 is 0 Å². The molecule has 0 fully saturated rings. The molecule has 0 aromatic heterocycles. The van der Waals surface area contributed by atoms with Crippen LogP contribution in [0.1, 0.15) is 0 Å². The molecule has 0 amide bonds. The molecule has 5 heavy (non-hydrogen) atoms. The van der Waals surface area contributed by atoms with E-state index in [0.717, 1.165) is 0 Å². The molecule has 0 aromatic carbocycles. The molecule has 0 bridgehead atoms. The van der Waals surface area contributed by atoms with E-state index in [9.17, 15) is 0 Å². The Hall–Kier alpha value is 0.628. The second kappa shape index (κ2) is 1.39. The second-order valence-corrected chi connectivity index (χ2v) is 4.83. The van der Waals surface area contributed by atoms with Crippen LogP contribution in [-0.2, 0) is 18.4 Å². The van der Waals surface area contributed by atoms with Crippen molar-refractivity contribution >= 4 is 9.82 Å². The molecule has 0 aromatic rings. The van der Waals surface area contributed by atoms with Gasteiger partial charge >= 0.3 is 35.7 Å². The van der Waals surface area contributed by atoms with Crippen molar-refractivity contribution in [1.29, 1.82) is 0 Å². The Kier molecular flexibility index (Phi) is 1.56. The van der Waals surface area contributed by atoms with Crippen molar-refractivity contribution in [2.75, 3.05) is 0 Å². The SMILES string of the molecule is [O]=[Mo]([O-])([O-])=[S]. The van der Waals surface area contributed by atoms with Gasteiger partial charge in [-0.2, -0.15) is 0 Å². The van der Waals surface area contributed by atoms with Gasteiger partial charge in [-0.1, -0.05) is 0 Å². The van der Waals surface area contributed by atoms with Crippen LogP contribution in [0.5, 0.6) is 0 Å². The van der Waals surface area contributed by atoms with Gasteiger partial charge in [0, 0.05) is 0 Å². The normalized spacial score (nSPS) is 11.6. The topological polar surface area (TPSA) is 63.2 Å². The molecule has 0 saturated carbocycles. The zero-order valence-electron chi connectivity index (χ0n) is 2.04. The van der Waals surface area contributed by atoms with Crippen LogP contribution in [0.25, 0.3) is 0 Å². The Morgan fingerprint density at radius 1 is 1.60 bits per heavy atom. The summed E-state index contributed by atoms with van der Waals surface area (Å²) in [5.74, 6) is 0. The van der Waals surface area contributed by atoms with Crippen molar-refractivity contribution in [3.63, 3.8) is 0 Å². The average molecular weight is 176 g/mol. The minimum absolute atomic E-state index is 3.35. The summed E-state index contributed by atoms with van der Waals surface area (Å²) < 4.78 is 27.0. The zero-order valence-corrected chi connectivity index (χ0v) is 4.86. The van der Waals surface area contributed by atoms with Crippen LogP contribution in [-0.4, -0.2) is 0 Å². The quantitative estimate of drug-likeness (QED) is 0.406. The van der Waals surface area contributed by atoms with Gasteiger partial charge in [-0.25, -0.2) is 0 Å². The van der Waals surface area contributed by atoms with Crippen LogP contribution < -0.4 is 7.52 Å². The van der Waals surface area contributed by atoms with Gasteiger partial charge in [-0.3, -0.25) is 0 Å². The standard InChI is InChI=1S/Mo.3O.S/q;;2*-1;. The van der Waals surface area contributed by atoms with Crippen LogP contribution in [0, 0.1) is 0 Å². The van der Waals surface area contributed by atoms with Crippen molar-refractivity contribution in [2.24, 2.45) is 0 Å². The fraction of sp³-hybridized carbons (Fsp3) is 0. The molecule has 0 aliphatic rings. The van der Waals surface area contributed by atoms with Gasteiger partial charge in [-0.05, 0) is 0 Å². The number of hydrogen-bond acceptors (Lipinski definition) is 4. The van der Waals surface area contributed by atoms with Crippen molar-refractivity contribution in [1.82, 2.24) is 0 Å². The molecule has 0 aliphatic heterocycles. The van der Waals surface area contributed by atoms with Crippen molar-refractivity contribution in [3.8, 4) is 0 Å². The summed E-state index contributed by atoms with van der Waals surface area (Å²) in [7, 11) is 3.35. The Labute approximate surface area is 36.1 Å². The Morgan fingerprint density at radius 2 is 1.60 bits per heavy atom. The van der Waals surface area contributed by atoms with Crippen LogP contribution in [0.2, 0.25) is 0 Å². The van der Waals surface area contributed by atoms with Crippen molar-refractivity contribution < 1.29 is 25.9 Å². The van der Waals surface area contributed by atoms with Crippen LogP contribution in [0.3, 0.4) is 0 Å². The van der Waals surface area contributed by atoms with Crippen LogP contribution >= 0.6 is 9.82 Å². The van der Waals surface area contributed by atoms with E-state index in [2.05, 4.69) is 9.82 Å². The molecule has 32 valence electrons. The van der Waals surface area contributed by atoms with Gasteiger partial charge in [0.1, 0.15) is 0 Å². The molecule has 0 saturated heterocycles. The van der Waals surface area contributed by atoms with Gasteiger partial charge in [0.2, 0.25) is 0 Å². The third kappa shape index (κ3) is 81.0. The zero-order chi connectivity index (χ0) is 4.50. The molecule has 3 nitrogen and oxygen atoms in total. The van der Waals surface area contributed by atoms with E-state index in [-0.39, 0.29) is 0 Å². The molecule has 0 heterocycles. The third-order valence-electron chi connectivity index (χ3n) is 0.